The number of halogens is 2. The molecule has 1 amide bonds. The predicted molar refractivity (Wildman–Crippen MR) is 109 cm³/mol. The lowest BCUT2D eigenvalue weighted by atomic mass is 10.0. The highest BCUT2D eigenvalue weighted by atomic mass is 35.5. The van der Waals surface area contributed by atoms with E-state index in [2.05, 4.69) is 15.4 Å². The predicted octanol–water partition coefficient (Wildman–Crippen LogP) is 4.73. The third-order valence-electron chi connectivity index (χ3n) is 4.81. The maximum atomic E-state index is 12.7. The molecule has 1 saturated heterocycles. The Hall–Kier alpha value is -2.24. The van der Waals surface area contributed by atoms with Crippen molar-refractivity contribution < 1.29 is 9.63 Å². The minimum absolute atomic E-state index is 0.217. The SMILES string of the molecule is O=C(Nc1ccccc1N1CCCC1)[C@@H]1CC(c2ccc(Cl)cc2Cl)=NO1. The maximum Gasteiger partial charge on any atom is 0.268 e. The van der Waals surface area contributed by atoms with Gasteiger partial charge in [-0.25, -0.2) is 0 Å². The van der Waals surface area contributed by atoms with Crippen molar-refractivity contribution in [2.24, 2.45) is 5.16 Å². The van der Waals surface area contributed by atoms with Gasteiger partial charge in [0.2, 0.25) is 6.10 Å². The summed E-state index contributed by atoms with van der Waals surface area (Å²) in [4.78, 5) is 20.4. The second-order valence-electron chi connectivity index (χ2n) is 6.66. The zero-order chi connectivity index (χ0) is 18.8. The number of carbonyl (C=O) groups is 1. The third kappa shape index (κ3) is 3.89. The van der Waals surface area contributed by atoms with Crippen LogP contribution >= 0.6 is 23.2 Å². The van der Waals surface area contributed by atoms with E-state index in [4.69, 9.17) is 28.0 Å². The lowest BCUT2D eigenvalue weighted by molar-refractivity contribution is -0.125. The highest BCUT2D eigenvalue weighted by Crippen LogP contribution is 2.30. The van der Waals surface area contributed by atoms with E-state index in [1.54, 1.807) is 18.2 Å². The highest BCUT2D eigenvalue weighted by molar-refractivity contribution is 6.37. The molecule has 0 radical (unpaired) electrons. The van der Waals surface area contributed by atoms with Gasteiger partial charge in [0.05, 0.1) is 22.1 Å². The van der Waals surface area contributed by atoms with E-state index in [0.29, 0.717) is 22.2 Å². The molecule has 2 aliphatic heterocycles. The molecule has 2 heterocycles. The Bertz CT molecular complexity index is 895. The van der Waals surface area contributed by atoms with Gasteiger partial charge in [-0.2, -0.15) is 0 Å². The molecule has 0 aromatic heterocycles. The summed E-state index contributed by atoms with van der Waals surface area (Å²) >= 11 is 12.2. The van der Waals surface area contributed by atoms with E-state index >= 15 is 0 Å². The Kier molecular flexibility index (Phi) is 5.23. The second-order valence-corrected chi connectivity index (χ2v) is 7.50. The number of benzene rings is 2. The molecular weight excluding hydrogens is 385 g/mol. The van der Waals surface area contributed by atoms with Crippen LogP contribution < -0.4 is 10.2 Å². The Morgan fingerprint density at radius 3 is 2.70 bits per heavy atom. The average Bonchev–Trinajstić information content (AvgIpc) is 3.34. The van der Waals surface area contributed by atoms with Gasteiger partial charge in [0.15, 0.2) is 0 Å². The second kappa shape index (κ2) is 7.79. The van der Waals surface area contributed by atoms with E-state index in [9.17, 15) is 4.79 Å². The number of nitrogens with zero attached hydrogens (tertiary/aromatic N) is 2. The van der Waals surface area contributed by atoms with Crippen molar-refractivity contribution in [2.45, 2.75) is 25.4 Å². The molecule has 1 atom stereocenters. The first-order chi connectivity index (χ1) is 13.1. The zero-order valence-corrected chi connectivity index (χ0v) is 16.1. The van der Waals surface area contributed by atoms with Crippen LogP contribution in [0.1, 0.15) is 24.8 Å². The first kappa shape index (κ1) is 18.1. The van der Waals surface area contributed by atoms with Crippen LogP contribution in [-0.4, -0.2) is 30.8 Å². The van der Waals surface area contributed by atoms with Crippen molar-refractivity contribution in [2.75, 3.05) is 23.3 Å². The fourth-order valence-corrected chi connectivity index (χ4v) is 3.94. The Balaban J connectivity index is 1.45. The van der Waals surface area contributed by atoms with Crippen molar-refractivity contribution >= 4 is 46.2 Å². The lowest BCUT2D eigenvalue weighted by Gasteiger charge is -2.22. The Morgan fingerprint density at radius 2 is 1.93 bits per heavy atom. The quantitative estimate of drug-likeness (QED) is 0.802. The Labute approximate surface area is 167 Å². The topological polar surface area (TPSA) is 53.9 Å². The number of oxime groups is 1. The Morgan fingerprint density at radius 1 is 1.15 bits per heavy atom. The molecule has 140 valence electrons. The summed E-state index contributed by atoms with van der Waals surface area (Å²) in [6.07, 6.45) is 2.03. The summed E-state index contributed by atoms with van der Waals surface area (Å²) in [5.74, 6) is -0.217. The van der Waals surface area contributed by atoms with Crippen LogP contribution in [0, 0.1) is 0 Å². The molecule has 0 bridgehead atoms. The molecule has 1 fully saturated rings. The maximum absolute atomic E-state index is 12.7. The summed E-state index contributed by atoms with van der Waals surface area (Å²) < 4.78 is 0. The number of hydrogen-bond donors (Lipinski definition) is 1. The number of hydrogen-bond acceptors (Lipinski definition) is 4. The monoisotopic (exact) mass is 403 g/mol. The molecule has 5 nitrogen and oxygen atoms in total. The largest absolute Gasteiger partial charge is 0.382 e. The van der Waals surface area contributed by atoms with Crippen LogP contribution in [0.15, 0.2) is 47.6 Å². The first-order valence-electron chi connectivity index (χ1n) is 8.95. The molecule has 4 rings (SSSR count). The van der Waals surface area contributed by atoms with Gasteiger partial charge < -0.3 is 15.1 Å². The molecule has 27 heavy (non-hydrogen) atoms. The lowest BCUT2D eigenvalue weighted by Crippen LogP contribution is -2.29. The molecule has 2 aromatic carbocycles. The molecule has 1 N–H and O–H groups in total. The summed E-state index contributed by atoms with van der Waals surface area (Å²) in [5, 5.41) is 8.09. The number of anilines is 2. The van der Waals surface area contributed by atoms with Gasteiger partial charge in [-0.05, 0) is 37.1 Å². The number of amides is 1. The number of para-hydroxylation sites is 2. The summed E-state index contributed by atoms with van der Waals surface area (Å²) in [6, 6.07) is 13.0. The summed E-state index contributed by atoms with van der Waals surface area (Å²) in [5.41, 5.74) is 3.22. The zero-order valence-electron chi connectivity index (χ0n) is 14.6. The van der Waals surface area contributed by atoms with Crippen molar-refractivity contribution in [3.8, 4) is 0 Å². The van der Waals surface area contributed by atoms with Crippen molar-refractivity contribution in [1.82, 2.24) is 0 Å². The number of nitrogens with one attached hydrogen (secondary N) is 1. The molecular formula is C20H19Cl2N3O2. The van der Waals surface area contributed by atoms with Crippen LogP contribution in [0.3, 0.4) is 0 Å². The minimum atomic E-state index is -0.682. The molecule has 7 heteroatoms. The first-order valence-corrected chi connectivity index (χ1v) is 9.70. The molecule has 2 aliphatic rings. The van der Waals surface area contributed by atoms with Gasteiger partial charge in [0.1, 0.15) is 0 Å². The van der Waals surface area contributed by atoms with Crippen LogP contribution in [0.25, 0.3) is 0 Å². The van der Waals surface area contributed by atoms with E-state index in [0.717, 1.165) is 30.0 Å². The smallest absolute Gasteiger partial charge is 0.268 e. The summed E-state index contributed by atoms with van der Waals surface area (Å²) in [7, 11) is 0. The number of rotatable bonds is 4. The fourth-order valence-electron chi connectivity index (χ4n) is 3.43. The van der Waals surface area contributed by atoms with Crippen LogP contribution in [0.5, 0.6) is 0 Å². The number of carbonyl (C=O) groups excluding carboxylic acids is 1. The van der Waals surface area contributed by atoms with E-state index in [1.807, 2.05) is 24.3 Å². The van der Waals surface area contributed by atoms with Crippen molar-refractivity contribution in [3.63, 3.8) is 0 Å². The van der Waals surface area contributed by atoms with E-state index < -0.39 is 6.10 Å². The fraction of sp³-hybridized carbons (Fsp3) is 0.300. The van der Waals surface area contributed by atoms with Crippen LogP contribution in [0.2, 0.25) is 10.0 Å². The summed E-state index contributed by atoms with van der Waals surface area (Å²) in [6.45, 7) is 2.02. The van der Waals surface area contributed by atoms with Crippen LogP contribution in [-0.2, 0) is 9.63 Å². The van der Waals surface area contributed by atoms with Crippen molar-refractivity contribution in [3.05, 3.63) is 58.1 Å². The minimum Gasteiger partial charge on any atom is -0.382 e. The van der Waals surface area contributed by atoms with Gasteiger partial charge in [-0.15, -0.1) is 0 Å². The molecule has 0 aliphatic carbocycles. The normalized spacial score (nSPS) is 19.0. The molecule has 0 unspecified atom stereocenters. The van der Waals surface area contributed by atoms with Crippen molar-refractivity contribution in [1.29, 1.82) is 0 Å². The standard InChI is InChI=1S/C20H19Cl2N3O2/c21-13-7-8-14(15(22)11-13)17-12-19(27-24-17)20(26)23-16-5-1-2-6-18(16)25-9-3-4-10-25/h1-2,5-8,11,19H,3-4,9-10,12H2,(H,23,26)/t19-/m0/s1. The molecule has 2 aromatic rings. The van der Waals surface area contributed by atoms with Gasteiger partial charge in [0, 0.05) is 30.1 Å². The van der Waals surface area contributed by atoms with Gasteiger partial charge in [0.25, 0.3) is 5.91 Å². The van der Waals surface area contributed by atoms with E-state index in [1.165, 1.54) is 12.8 Å². The third-order valence-corrected chi connectivity index (χ3v) is 5.36. The van der Waals surface area contributed by atoms with Crippen LogP contribution in [0.4, 0.5) is 11.4 Å². The van der Waals surface area contributed by atoms with Gasteiger partial charge in [-0.3, -0.25) is 4.79 Å². The molecule has 0 saturated carbocycles. The highest BCUT2D eigenvalue weighted by Gasteiger charge is 2.30. The van der Waals surface area contributed by atoms with Gasteiger partial charge in [-0.1, -0.05) is 46.6 Å². The van der Waals surface area contributed by atoms with Gasteiger partial charge >= 0.3 is 0 Å². The average molecular weight is 404 g/mol. The molecule has 0 spiro atoms. The van der Waals surface area contributed by atoms with E-state index in [-0.39, 0.29) is 5.91 Å².